The number of aliphatic hydroxyl groups excluding tert-OH is 1. The van der Waals surface area contributed by atoms with Crippen LogP contribution in [-0.2, 0) is 0 Å². The molecule has 0 spiro atoms. The summed E-state index contributed by atoms with van der Waals surface area (Å²) in [5.74, 6) is -3.02. The number of anilines is 4. The molecule has 2 aromatic heterocycles. The lowest BCUT2D eigenvalue weighted by atomic mass is 10.2. The lowest BCUT2D eigenvalue weighted by molar-refractivity contribution is -0.0712. The molecule has 7 nitrogen and oxygen atoms in total. The van der Waals surface area contributed by atoms with Crippen LogP contribution in [0.5, 0.6) is 0 Å². The number of halogens is 4. The molecule has 2 aliphatic heterocycles. The fourth-order valence-electron chi connectivity index (χ4n) is 3.39. The summed E-state index contributed by atoms with van der Waals surface area (Å²) < 4.78 is 41.4. The summed E-state index contributed by atoms with van der Waals surface area (Å²) in [5.41, 5.74) is 0.790. The van der Waals surface area contributed by atoms with E-state index in [9.17, 15) is 18.3 Å². The summed E-state index contributed by atoms with van der Waals surface area (Å²) in [7, 11) is 0. The minimum absolute atomic E-state index is 0.105. The summed E-state index contributed by atoms with van der Waals surface area (Å²) in [4.78, 5) is 11.9. The van der Waals surface area contributed by atoms with E-state index in [1.165, 1.54) is 11.1 Å². The molecule has 0 radical (unpaired) electrons. The van der Waals surface area contributed by atoms with E-state index < -0.39 is 24.4 Å². The maximum Gasteiger partial charge on any atom is 0.292 e. The van der Waals surface area contributed by atoms with Gasteiger partial charge in [-0.25, -0.2) is 23.1 Å². The van der Waals surface area contributed by atoms with Crippen LogP contribution in [-0.4, -0.2) is 66.4 Å². The van der Waals surface area contributed by atoms with E-state index in [0.29, 0.717) is 11.6 Å². The molecule has 2 saturated heterocycles. The molecule has 4 rings (SSSR count). The van der Waals surface area contributed by atoms with Gasteiger partial charge in [-0.15, -0.1) is 0 Å². The Hall–Kier alpha value is -2.30. The highest BCUT2D eigenvalue weighted by Crippen LogP contribution is 2.33. The molecule has 2 aliphatic rings. The molecule has 0 saturated carbocycles. The molecular weight excluding hydrogens is 409 g/mol. The van der Waals surface area contributed by atoms with Gasteiger partial charge in [0.25, 0.3) is 5.92 Å². The first kappa shape index (κ1) is 20.0. The fourth-order valence-corrected chi connectivity index (χ4v) is 3.49. The van der Waals surface area contributed by atoms with Crippen molar-refractivity contribution in [3.63, 3.8) is 0 Å². The first-order chi connectivity index (χ1) is 13.8. The highest BCUT2D eigenvalue weighted by molar-refractivity contribution is 6.30. The van der Waals surface area contributed by atoms with Crippen LogP contribution >= 0.6 is 11.6 Å². The molecule has 0 bridgehead atoms. The van der Waals surface area contributed by atoms with Crippen LogP contribution in [0.15, 0.2) is 24.4 Å². The van der Waals surface area contributed by atoms with Crippen molar-refractivity contribution in [1.29, 1.82) is 0 Å². The minimum Gasteiger partial charge on any atom is -0.385 e. The topological polar surface area (TPSA) is 76.6 Å². The third-order valence-corrected chi connectivity index (χ3v) is 5.23. The number of rotatable bonds is 4. The predicted molar refractivity (Wildman–Crippen MR) is 105 cm³/mol. The van der Waals surface area contributed by atoms with E-state index in [0.717, 1.165) is 37.9 Å². The second kappa shape index (κ2) is 7.85. The third-order valence-electron chi connectivity index (χ3n) is 4.95. The Morgan fingerprint density at radius 1 is 1.17 bits per heavy atom. The molecule has 0 amide bonds. The van der Waals surface area contributed by atoms with Gasteiger partial charge in [-0.05, 0) is 0 Å². The second-order valence-corrected chi connectivity index (χ2v) is 7.48. The Morgan fingerprint density at radius 2 is 1.93 bits per heavy atom. The zero-order valence-electron chi connectivity index (χ0n) is 15.4. The van der Waals surface area contributed by atoms with E-state index in [4.69, 9.17) is 11.6 Å². The SMILES string of the molecule is OC1CN(c2cc(N3CCNCC3)cc(Nc3cc(F)c(Cl)cn3)n2)CC1(F)F. The van der Waals surface area contributed by atoms with Crippen molar-refractivity contribution in [2.24, 2.45) is 0 Å². The van der Waals surface area contributed by atoms with Gasteiger partial charge in [0.1, 0.15) is 29.4 Å². The quantitative estimate of drug-likeness (QED) is 0.689. The van der Waals surface area contributed by atoms with Gasteiger partial charge in [-0.2, -0.15) is 0 Å². The summed E-state index contributed by atoms with van der Waals surface area (Å²) in [6.45, 7) is 2.23. The normalized spacial score (nSPS) is 21.5. The number of β-amino-alcohol motifs (C(OH)–C–C–N with tert-alkyl or cyclic N) is 1. The monoisotopic (exact) mass is 428 g/mol. The lowest BCUT2D eigenvalue weighted by Gasteiger charge is -2.30. The number of hydrogen-bond acceptors (Lipinski definition) is 7. The molecule has 1 unspecified atom stereocenters. The van der Waals surface area contributed by atoms with Gasteiger partial charge < -0.3 is 25.5 Å². The zero-order valence-corrected chi connectivity index (χ0v) is 16.1. The smallest absolute Gasteiger partial charge is 0.292 e. The first-order valence-electron chi connectivity index (χ1n) is 9.18. The second-order valence-electron chi connectivity index (χ2n) is 7.07. The molecule has 2 aromatic rings. The van der Waals surface area contributed by atoms with Crippen LogP contribution in [0.25, 0.3) is 0 Å². The Balaban J connectivity index is 1.67. The van der Waals surface area contributed by atoms with Crippen molar-refractivity contribution in [3.05, 3.63) is 35.2 Å². The number of alkyl halides is 2. The number of piperazine rings is 1. The predicted octanol–water partition coefficient (Wildman–Crippen LogP) is 2.24. The van der Waals surface area contributed by atoms with Crippen LogP contribution in [0.2, 0.25) is 5.02 Å². The lowest BCUT2D eigenvalue weighted by Crippen LogP contribution is -2.43. The van der Waals surface area contributed by atoms with Gasteiger partial charge in [-0.1, -0.05) is 11.6 Å². The molecule has 2 fully saturated rings. The molecule has 0 aromatic carbocycles. The van der Waals surface area contributed by atoms with Crippen LogP contribution < -0.4 is 20.4 Å². The van der Waals surface area contributed by atoms with Crippen LogP contribution in [0, 0.1) is 5.82 Å². The van der Waals surface area contributed by atoms with Gasteiger partial charge in [0.15, 0.2) is 0 Å². The maximum absolute atomic E-state index is 13.8. The van der Waals surface area contributed by atoms with Gasteiger partial charge in [-0.3, -0.25) is 0 Å². The van der Waals surface area contributed by atoms with Gasteiger partial charge in [0, 0.05) is 50.1 Å². The average Bonchev–Trinajstić information content (AvgIpc) is 2.98. The summed E-state index contributed by atoms with van der Waals surface area (Å²) in [6, 6.07) is 4.61. The van der Waals surface area contributed by atoms with Crippen LogP contribution in [0.1, 0.15) is 0 Å². The molecule has 0 aliphatic carbocycles. The van der Waals surface area contributed by atoms with Crippen molar-refractivity contribution >= 4 is 34.7 Å². The van der Waals surface area contributed by atoms with E-state index in [1.807, 2.05) is 0 Å². The molecule has 11 heteroatoms. The van der Waals surface area contributed by atoms with Crippen molar-refractivity contribution in [1.82, 2.24) is 15.3 Å². The molecule has 29 heavy (non-hydrogen) atoms. The minimum atomic E-state index is -3.21. The van der Waals surface area contributed by atoms with E-state index in [-0.39, 0.29) is 17.4 Å². The van der Waals surface area contributed by atoms with Gasteiger partial charge in [0.2, 0.25) is 0 Å². The van der Waals surface area contributed by atoms with Crippen molar-refractivity contribution in [3.8, 4) is 0 Å². The third kappa shape index (κ3) is 4.34. The fraction of sp³-hybridized carbons (Fsp3) is 0.444. The summed E-state index contributed by atoms with van der Waals surface area (Å²) in [5, 5.41) is 15.7. The summed E-state index contributed by atoms with van der Waals surface area (Å²) >= 11 is 5.67. The van der Waals surface area contributed by atoms with Gasteiger partial charge >= 0.3 is 0 Å². The Bertz CT molecular complexity index is 896. The van der Waals surface area contributed by atoms with E-state index >= 15 is 0 Å². The Kier molecular flexibility index (Phi) is 5.41. The Morgan fingerprint density at radius 3 is 2.59 bits per heavy atom. The largest absolute Gasteiger partial charge is 0.385 e. The van der Waals surface area contributed by atoms with E-state index in [2.05, 4.69) is 25.5 Å². The molecular formula is C18H20ClF3N6O. The number of nitrogens with zero attached hydrogens (tertiary/aromatic N) is 4. The van der Waals surface area contributed by atoms with Crippen molar-refractivity contribution in [2.45, 2.75) is 12.0 Å². The molecule has 1 atom stereocenters. The number of nitrogens with one attached hydrogen (secondary N) is 2. The number of aromatic nitrogens is 2. The standard InChI is InChI=1S/C18H20ClF3N6O/c19-12-8-24-15(7-13(12)20)25-16-5-11(27-3-1-23-2-4-27)6-17(26-16)28-9-14(29)18(21,22)10-28/h5-8,14,23,29H,1-4,9-10H2,(H,24,25,26). The summed E-state index contributed by atoms with van der Waals surface area (Å²) in [6.07, 6.45) is -0.576. The molecule has 4 heterocycles. The highest BCUT2D eigenvalue weighted by atomic mass is 35.5. The first-order valence-corrected chi connectivity index (χ1v) is 9.56. The van der Waals surface area contributed by atoms with Crippen molar-refractivity contribution < 1.29 is 18.3 Å². The number of hydrogen-bond donors (Lipinski definition) is 3. The Labute approximate surface area is 170 Å². The molecule has 156 valence electrons. The van der Waals surface area contributed by atoms with Crippen LogP contribution in [0.3, 0.4) is 0 Å². The van der Waals surface area contributed by atoms with Gasteiger partial charge in [0.05, 0.1) is 24.3 Å². The number of pyridine rings is 2. The maximum atomic E-state index is 13.8. The number of aliphatic hydroxyl groups is 1. The van der Waals surface area contributed by atoms with E-state index in [1.54, 1.807) is 12.1 Å². The highest BCUT2D eigenvalue weighted by Gasteiger charge is 2.47. The average molecular weight is 429 g/mol. The molecule has 3 N–H and O–H groups in total. The van der Waals surface area contributed by atoms with Crippen molar-refractivity contribution in [2.75, 3.05) is 54.4 Å². The van der Waals surface area contributed by atoms with Crippen LogP contribution in [0.4, 0.5) is 36.3 Å². The zero-order chi connectivity index (χ0) is 20.6.